The van der Waals surface area contributed by atoms with Crippen molar-refractivity contribution in [1.82, 2.24) is 14.4 Å². The van der Waals surface area contributed by atoms with Gasteiger partial charge in [0.25, 0.3) is 5.91 Å². The smallest absolute Gasteiger partial charge is 0.271 e. The van der Waals surface area contributed by atoms with Gasteiger partial charge in [-0.05, 0) is 49.9 Å². The lowest BCUT2D eigenvalue weighted by Crippen LogP contribution is -2.15. The van der Waals surface area contributed by atoms with Gasteiger partial charge in [-0.2, -0.15) is 0 Å². The number of rotatable bonds is 6. The Morgan fingerprint density at radius 2 is 2.04 bits per heavy atom. The summed E-state index contributed by atoms with van der Waals surface area (Å²) in [5.74, 6) is -0.657. The summed E-state index contributed by atoms with van der Waals surface area (Å²) in [6.45, 7) is 5.87. The van der Waals surface area contributed by atoms with E-state index in [-0.39, 0.29) is 11.6 Å². The Hall–Kier alpha value is -3.22. The third-order valence-electron chi connectivity index (χ3n) is 4.71. The molecule has 2 heterocycles. The largest absolute Gasteiger partial charge is 0.364 e. The van der Waals surface area contributed by atoms with Crippen molar-refractivity contribution in [2.24, 2.45) is 5.73 Å². The summed E-state index contributed by atoms with van der Waals surface area (Å²) in [7, 11) is 0. The molecule has 1 aromatic carbocycles. The van der Waals surface area contributed by atoms with E-state index >= 15 is 0 Å². The van der Waals surface area contributed by atoms with E-state index < -0.39 is 5.91 Å². The Bertz CT molecular complexity index is 1020. The summed E-state index contributed by atoms with van der Waals surface area (Å²) in [6.07, 6.45) is 3.34. The van der Waals surface area contributed by atoms with Crippen molar-refractivity contribution >= 4 is 23.1 Å². The van der Waals surface area contributed by atoms with Crippen molar-refractivity contribution in [3.63, 3.8) is 0 Å². The molecule has 0 saturated carbocycles. The quantitative estimate of drug-likeness (QED) is 0.701. The van der Waals surface area contributed by atoms with Gasteiger partial charge in [-0.25, -0.2) is 9.97 Å². The maximum absolute atomic E-state index is 12.4. The Morgan fingerprint density at radius 3 is 2.74 bits per heavy atom. The molecule has 140 valence electrons. The van der Waals surface area contributed by atoms with Crippen LogP contribution >= 0.6 is 0 Å². The van der Waals surface area contributed by atoms with Gasteiger partial charge in [-0.3, -0.25) is 14.0 Å². The standard InChI is InChI=1S/C20H23N5O2/c1-4-14-6-5-7-15(10-14)24-17(26)9-8-16-12(2)23-20-18(19(21)27)22-11-25(20)13(16)3/h5-7,10-11H,4,8-9H2,1-3H3,(H2,21,27)(H,24,26). The molecule has 0 bridgehead atoms. The molecule has 3 N–H and O–H groups in total. The van der Waals surface area contributed by atoms with Crippen LogP contribution in [0.15, 0.2) is 30.6 Å². The predicted octanol–water partition coefficient (Wildman–Crippen LogP) is 2.58. The van der Waals surface area contributed by atoms with Crippen molar-refractivity contribution in [2.45, 2.75) is 40.0 Å². The topological polar surface area (TPSA) is 102 Å². The van der Waals surface area contributed by atoms with Crippen LogP contribution in [-0.2, 0) is 17.6 Å². The van der Waals surface area contributed by atoms with E-state index in [2.05, 4.69) is 22.2 Å². The van der Waals surface area contributed by atoms with Gasteiger partial charge in [0.1, 0.15) is 6.33 Å². The Labute approximate surface area is 157 Å². The molecular formula is C20H23N5O2. The van der Waals surface area contributed by atoms with Gasteiger partial charge < -0.3 is 11.1 Å². The number of aryl methyl sites for hydroxylation is 3. The van der Waals surface area contributed by atoms with Crippen LogP contribution in [0.2, 0.25) is 0 Å². The number of carbonyl (C=O) groups is 2. The second kappa shape index (κ2) is 7.57. The highest BCUT2D eigenvalue weighted by Crippen LogP contribution is 2.19. The monoisotopic (exact) mass is 365 g/mol. The first kappa shape index (κ1) is 18.6. The number of benzene rings is 1. The zero-order chi connectivity index (χ0) is 19.6. The van der Waals surface area contributed by atoms with E-state index in [4.69, 9.17) is 5.73 Å². The van der Waals surface area contributed by atoms with Gasteiger partial charge in [0.15, 0.2) is 11.3 Å². The Balaban J connectivity index is 1.76. The lowest BCUT2D eigenvalue weighted by atomic mass is 10.1. The minimum absolute atomic E-state index is 0.0504. The van der Waals surface area contributed by atoms with Gasteiger partial charge in [0.2, 0.25) is 5.91 Å². The molecule has 3 aromatic rings. The molecule has 0 atom stereocenters. The molecule has 2 aromatic heterocycles. The summed E-state index contributed by atoms with van der Waals surface area (Å²) in [4.78, 5) is 32.3. The number of nitrogens with two attached hydrogens (primary N) is 1. The molecule has 0 aliphatic heterocycles. The van der Waals surface area contributed by atoms with Crippen LogP contribution in [-0.4, -0.2) is 26.2 Å². The van der Waals surface area contributed by atoms with Crippen molar-refractivity contribution in [2.75, 3.05) is 5.32 Å². The van der Waals surface area contributed by atoms with Crippen LogP contribution in [0.3, 0.4) is 0 Å². The predicted molar refractivity (Wildman–Crippen MR) is 104 cm³/mol. The number of anilines is 1. The number of hydrogen-bond acceptors (Lipinski definition) is 4. The van der Waals surface area contributed by atoms with E-state index in [1.54, 1.807) is 4.40 Å². The molecule has 7 heteroatoms. The molecule has 27 heavy (non-hydrogen) atoms. The summed E-state index contributed by atoms with van der Waals surface area (Å²) in [5.41, 5.74) is 10.6. The van der Waals surface area contributed by atoms with E-state index in [1.165, 1.54) is 11.9 Å². The van der Waals surface area contributed by atoms with Gasteiger partial charge >= 0.3 is 0 Å². The van der Waals surface area contributed by atoms with Crippen LogP contribution in [0.25, 0.3) is 5.65 Å². The van der Waals surface area contributed by atoms with E-state index in [0.29, 0.717) is 18.5 Å². The SMILES string of the molecule is CCc1cccc(NC(=O)CCc2c(C)nc3c(C(N)=O)ncn3c2C)c1. The maximum atomic E-state index is 12.4. The normalized spacial score (nSPS) is 10.9. The first-order valence-corrected chi connectivity index (χ1v) is 8.92. The molecular weight excluding hydrogens is 342 g/mol. The minimum Gasteiger partial charge on any atom is -0.364 e. The summed E-state index contributed by atoms with van der Waals surface area (Å²) < 4.78 is 1.74. The Morgan fingerprint density at radius 1 is 1.26 bits per heavy atom. The highest BCUT2D eigenvalue weighted by Gasteiger charge is 2.17. The van der Waals surface area contributed by atoms with Crippen molar-refractivity contribution in [3.8, 4) is 0 Å². The molecule has 0 aliphatic rings. The van der Waals surface area contributed by atoms with Gasteiger partial charge in [0.05, 0.1) is 0 Å². The first-order chi connectivity index (χ1) is 12.9. The number of imidazole rings is 1. The zero-order valence-corrected chi connectivity index (χ0v) is 15.7. The number of amides is 2. The third kappa shape index (κ3) is 3.81. The van der Waals surface area contributed by atoms with E-state index in [1.807, 2.05) is 38.1 Å². The molecule has 0 saturated heterocycles. The van der Waals surface area contributed by atoms with Crippen molar-refractivity contribution < 1.29 is 9.59 Å². The molecule has 0 fully saturated rings. The molecule has 0 aliphatic carbocycles. The molecule has 2 amide bonds. The number of fused-ring (bicyclic) bond motifs is 1. The minimum atomic E-state index is -0.606. The van der Waals surface area contributed by atoms with Crippen LogP contribution < -0.4 is 11.1 Å². The molecule has 0 unspecified atom stereocenters. The van der Waals surface area contributed by atoms with Crippen molar-refractivity contribution in [1.29, 1.82) is 0 Å². The maximum Gasteiger partial charge on any atom is 0.271 e. The molecule has 3 rings (SSSR count). The highest BCUT2D eigenvalue weighted by atomic mass is 16.2. The van der Waals surface area contributed by atoms with Gasteiger partial charge in [-0.1, -0.05) is 19.1 Å². The van der Waals surface area contributed by atoms with Crippen LogP contribution in [0, 0.1) is 13.8 Å². The van der Waals surface area contributed by atoms with E-state index in [9.17, 15) is 9.59 Å². The van der Waals surface area contributed by atoms with Gasteiger partial charge in [0, 0.05) is 23.5 Å². The highest BCUT2D eigenvalue weighted by molar-refractivity contribution is 5.96. The number of primary amides is 1. The number of hydrogen-bond donors (Lipinski definition) is 2. The third-order valence-corrected chi connectivity index (χ3v) is 4.71. The second-order valence-corrected chi connectivity index (χ2v) is 6.51. The fourth-order valence-corrected chi connectivity index (χ4v) is 3.19. The summed E-state index contributed by atoms with van der Waals surface area (Å²) in [5, 5.41) is 2.94. The summed E-state index contributed by atoms with van der Waals surface area (Å²) >= 11 is 0. The first-order valence-electron chi connectivity index (χ1n) is 8.92. The van der Waals surface area contributed by atoms with Crippen molar-refractivity contribution in [3.05, 3.63) is 58.8 Å². The number of nitrogens with one attached hydrogen (secondary N) is 1. The number of carbonyl (C=O) groups excluding carboxylic acids is 2. The second-order valence-electron chi connectivity index (χ2n) is 6.51. The lowest BCUT2D eigenvalue weighted by molar-refractivity contribution is -0.116. The van der Waals surface area contributed by atoms with Crippen LogP contribution in [0.4, 0.5) is 5.69 Å². The fraction of sp³-hybridized carbons (Fsp3) is 0.300. The molecule has 0 radical (unpaired) electrons. The summed E-state index contributed by atoms with van der Waals surface area (Å²) in [6, 6.07) is 7.85. The van der Waals surface area contributed by atoms with E-state index in [0.717, 1.165) is 29.1 Å². The van der Waals surface area contributed by atoms with Gasteiger partial charge in [-0.15, -0.1) is 0 Å². The number of nitrogens with zero attached hydrogens (tertiary/aromatic N) is 3. The average Bonchev–Trinajstić information content (AvgIpc) is 3.05. The Kier molecular flexibility index (Phi) is 5.21. The zero-order valence-electron chi connectivity index (χ0n) is 15.7. The average molecular weight is 365 g/mol. The van der Waals surface area contributed by atoms with Crippen LogP contribution in [0.1, 0.15) is 46.3 Å². The van der Waals surface area contributed by atoms with Crippen LogP contribution in [0.5, 0.6) is 0 Å². The molecule has 0 spiro atoms. The lowest BCUT2D eigenvalue weighted by Gasteiger charge is -2.12. The number of aromatic nitrogens is 3. The fourth-order valence-electron chi connectivity index (χ4n) is 3.19. The molecule has 7 nitrogen and oxygen atoms in total.